The van der Waals surface area contributed by atoms with Crippen molar-refractivity contribution in [3.8, 4) is 0 Å². The summed E-state index contributed by atoms with van der Waals surface area (Å²) in [6, 6.07) is 0. The SMILES string of the molecule is CC(C)(N)CCCC(C)(C)CN. The predicted octanol–water partition coefficient (Wildman–Crippen LogP) is 1.88. The van der Waals surface area contributed by atoms with E-state index in [2.05, 4.69) is 27.7 Å². The summed E-state index contributed by atoms with van der Waals surface area (Å²) in [5.74, 6) is 0. The van der Waals surface area contributed by atoms with E-state index < -0.39 is 0 Å². The molecule has 0 saturated heterocycles. The second-order valence-corrected chi connectivity index (χ2v) is 5.21. The molecule has 12 heavy (non-hydrogen) atoms. The highest BCUT2D eigenvalue weighted by Gasteiger charge is 2.17. The molecule has 0 atom stereocenters. The average molecular weight is 172 g/mol. The van der Waals surface area contributed by atoms with Crippen LogP contribution in [-0.4, -0.2) is 12.1 Å². The van der Waals surface area contributed by atoms with Crippen LogP contribution in [-0.2, 0) is 0 Å². The lowest BCUT2D eigenvalue weighted by atomic mass is 9.85. The molecule has 0 rings (SSSR count). The number of nitrogens with two attached hydrogens (primary N) is 2. The average Bonchev–Trinajstić information content (AvgIpc) is 1.84. The molecule has 0 unspecified atom stereocenters. The summed E-state index contributed by atoms with van der Waals surface area (Å²) >= 11 is 0. The standard InChI is InChI=1S/C10H24N2/c1-9(2,8-11)6-5-7-10(3,4)12/h5-8,11-12H2,1-4H3. The highest BCUT2D eigenvalue weighted by atomic mass is 14.7. The van der Waals surface area contributed by atoms with E-state index in [1.807, 2.05) is 0 Å². The van der Waals surface area contributed by atoms with Gasteiger partial charge in [-0.3, -0.25) is 0 Å². The largest absolute Gasteiger partial charge is 0.330 e. The first-order valence-corrected chi connectivity index (χ1v) is 4.76. The normalized spacial score (nSPS) is 13.5. The second kappa shape index (κ2) is 4.24. The van der Waals surface area contributed by atoms with E-state index in [0.29, 0.717) is 0 Å². The Balaban J connectivity index is 3.57. The Morgan fingerprint density at radius 2 is 1.50 bits per heavy atom. The molecular formula is C10H24N2. The highest BCUT2D eigenvalue weighted by molar-refractivity contribution is 4.75. The smallest absolute Gasteiger partial charge is 0.00970 e. The Kier molecular flexibility index (Phi) is 4.21. The van der Waals surface area contributed by atoms with Crippen molar-refractivity contribution in [3.63, 3.8) is 0 Å². The fourth-order valence-corrected chi connectivity index (χ4v) is 1.12. The minimum absolute atomic E-state index is 0.0231. The van der Waals surface area contributed by atoms with E-state index in [1.165, 1.54) is 12.8 Å². The molecule has 0 aliphatic heterocycles. The van der Waals surface area contributed by atoms with Gasteiger partial charge in [0.2, 0.25) is 0 Å². The Morgan fingerprint density at radius 3 is 1.83 bits per heavy atom. The summed E-state index contributed by atoms with van der Waals surface area (Å²) in [5, 5.41) is 0. The molecule has 0 aromatic heterocycles. The minimum atomic E-state index is -0.0231. The lowest BCUT2D eigenvalue weighted by Crippen LogP contribution is -2.32. The van der Waals surface area contributed by atoms with Crippen LogP contribution < -0.4 is 11.5 Å². The number of rotatable bonds is 5. The van der Waals surface area contributed by atoms with Gasteiger partial charge in [-0.05, 0) is 38.6 Å². The van der Waals surface area contributed by atoms with Crippen LogP contribution in [0.3, 0.4) is 0 Å². The molecule has 0 bridgehead atoms. The van der Waals surface area contributed by atoms with Gasteiger partial charge in [-0.1, -0.05) is 20.3 Å². The van der Waals surface area contributed by atoms with Gasteiger partial charge in [-0.15, -0.1) is 0 Å². The maximum atomic E-state index is 5.88. The first kappa shape index (κ1) is 11.9. The molecule has 0 saturated carbocycles. The quantitative estimate of drug-likeness (QED) is 0.665. The van der Waals surface area contributed by atoms with Crippen molar-refractivity contribution in [2.75, 3.05) is 6.54 Å². The Hall–Kier alpha value is -0.0800. The molecule has 0 fully saturated rings. The molecule has 0 aromatic rings. The molecular weight excluding hydrogens is 148 g/mol. The summed E-state index contributed by atoms with van der Waals surface area (Å²) in [6.07, 6.45) is 3.42. The van der Waals surface area contributed by atoms with Gasteiger partial charge in [-0.2, -0.15) is 0 Å². The molecule has 4 N–H and O–H groups in total. The Labute approximate surface area is 76.7 Å². The lowest BCUT2D eigenvalue weighted by Gasteiger charge is -2.25. The van der Waals surface area contributed by atoms with E-state index in [4.69, 9.17) is 11.5 Å². The van der Waals surface area contributed by atoms with Gasteiger partial charge in [0.05, 0.1) is 0 Å². The van der Waals surface area contributed by atoms with Gasteiger partial charge in [0.15, 0.2) is 0 Å². The van der Waals surface area contributed by atoms with Crippen LogP contribution in [0.25, 0.3) is 0 Å². The van der Waals surface area contributed by atoms with Crippen molar-refractivity contribution in [2.45, 2.75) is 52.5 Å². The van der Waals surface area contributed by atoms with Gasteiger partial charge in [-0.25, -0.2) is 0 Å². The van der Waals surface area contributed by atoms with Crippen molar-refractivity contribution < 1.29 is 0 Å². The molecule has 0 spiro atoms. The van der Waals surface area contributed by atoms with Gasteiger partial charge in [0.25, 0.3) is 0 Å². The predicted molar refractivity (Wildman–Crippen MR) is 55.0 cm³/mol. The van der Waals surface area contributed by atoms with Gasteiger partial charge in [0, 0.05) is 5.54 Å². The second-order valence-electron chi connectivity index (χ2n) is 5.21. The topological polar surface area (TPSA) is 52.0 Å². The van der Waals surface area contributed by atoms with Crippen LogP contribution in [0, 0.1) is 5.41 Å². The molecule has 0 aliphatic rings. The van der Waals surface area contributed by atoms with Crippen LogP contribution in [0.5, 0.6) is 0 Å². The zero-order valence-corrected chi connectivity index (χ0v) is 8.98. The third-order valence-electron chi connectivity index (χ3n) is 2.23. The zero-order valence-electron chi connectivity index (χ0n) is 8.98. The summed E-state index contributed by atoms with van der Waals surface area (Å²) in [7, 11) is 0. The molecule has 0 heterocycles. The molecule has 0 aromatic carbocycles. The zero-order chi connectivity index (χ0) is 9.83. The third-order valence-corrected chi connectivity index (χ3v) is 2.23. The van der Waals surface area contributed by atoms with Gasteiger partial charge < -0.3 is 11.5 Å². The Morgan fingerprint density at radius 1 is 1.00 bits per heavy atom. The lowest BCUT2D eigenvalue weighted by molar-refractivity contribution is 0.313. The summed E-state index contributed by atoms with van der Waals surface area (Å²) in [4.78, 5) is 0. The fraction of sp³-hybridized carbons (Fsp3) is 1.00. The minimum Gasteiger partial charge on any atom is -0.330 e. The molecule has 2 heteroatoms. The third kappa shape index (κ3) is 6.62. The number of hydrogen-bond donors (Lipinski definition) is 2. The highest BCUT2D eigenvalue weighted by Crippen LogP contribution is 2.23. The maximum absolute atomic E-state index is 5.88. The maximum Gasteiger partial charge on any atom is 0.00970 e. The van der Waals surface area contributed by atoms with E-state index in [9.17, 15) is 0 Å². The van der Waals surface area contributed by atoms with Crippen LogP contribution in [0.4, 0.5) is 0 Å². The number of hydrogen-bond acceptors (Lipinski definition) is 2. The first-order valence-electron chi connectivity index (χ1n) is 4.76. The first-order chi connectivity index (χ1) is 5.27. The van der Waals surface area contributed by atoms with Crippen molar-refractivity contribution >= 4 is 0 Å². The van der Waals surface area contributed by atoms with E-state index >= 15 is 0 Å². The van der Waals surface area contributed by atoms with Crippen LogP contribution in [0.15, 0.2) is 0 Å². The van der Waals surface area contributed by atoms with Crippen molar-refractivity contribution in [1.29, 1.82) is 0 Å². The van der Waals surface area contributed by atoms with Crippen molar-refractivity contribution in [1.82, 2.24) is 0 Å². The Bertz CT molecular complexity index is 122. The van der Waals surface area contributed by atoms with Crippen LogP contribution >= 0.6 is 0 Å². The molecule has 2 nitrogen and oxygen atoms in total. The summed E-state index contributed by atoms with van der Waals surface area (Å²) < 4.78 is 0. The monoisotopic (exact) mass is 172 g/mol. The van der Waals surface area contributed by atoms with Crippen molar-refractivity contribution in [3.05, 3.63) is 0 Å². The van der Waals surface area contributed by atoms with Crippen LogP contribution in [0.2, 0.25) is 0 Å². The molecule has 0 amide bonds. The fourth-order valence-electron chi connectivity index (χ4n) is 1.12. The molecule has 0 radical (unpaired) electrons. The van der Waals surface area contributed by atoms with E-state index in [1.54, 1.807) is 0 Å². The van der Waals surface area contributed by atoms with Gasteiger partial charge in [0.1, 0.15) is 0 Å². The summed E-state index contributed by atoms with van der Waals surface area (Å²) in [5.41, 5.74) is 11.8. The van der Waals surface area contributed by atoms with E-state index in [-0.39, 0.29) is 11.0 Å². The van der Waals surface area contributed by atoms with Gasteiger partial charge >= 0.3 is 0 Å². The van der Waals surface area contributed by atoms with E-state index in [0.717, 1.165) is 13.0 Å². The molecule has 74 valence electrons. The van der Waals surface area contributed by atoms with Crippen molar-refractivity contribution in [2.24, 2.45) is 16.9 Å². The van der Waals surface area contributed by atoms with Crippen LogP contribution in [0.1, 0.15) is 47.0 Å². The molecule has 0 aliphatic carbocycles. The summed E-state index contributed by atoms with van der Waals surface area (Å²) in [6.45, 7) is 9.32.